The van der Waals surface area contributed by atoms with Gasteiger partial charge in [-0.25, -0.2) is 0 Å². The van der Waals surface area contributed by atoms with Crippen LogP contribution in [-0.4, -0.2) is 63.7 Å². The molecule has 0 radical (unpaired) electrons. The van der Waals surface area contributed by atoms with Crippen LogP contribution in [0.5, 0.6) is 0 Å². The van der Waals surface area contributed by atoms with Crippen LogP contribution in [0, 0.1) is 0 Å². The van der Waals surface area contributed by atoms with E-state index >= 15 is 0 Å². The van der Waals surface area contributed by atoms with Crippen LogP contribution in [0.4, 0.5) is 0 Å². The molecular weight excluding hydrogens is 308 g/mol. The van der Waals surface area contributed by atoms with Gasteiger partial charge in [0.1, 0.15) is 0 Å². The standard InChI is InChI=1S/C19H42N.C3H9N.H2O/c1-5-6-7-8-9-10-11-12-13-14-15-16-17-18-19-20(2,3)4;1-4(2)3;/h5-19H2,1-4H3;1-3H3;1H2/q+1;;/p-1. The molecule has 0 unspecified atom stereocenters. The van der Waals surface area contributed by atoms with E-state index in [2.05, 4.69) is 28.1 Å². The average Bonchev–Trinajstić information content (AvgIpc) is 2.46. The molecule has 0 heterocycles. The normalized spacial score (nSPS) is 11.0. The molecule has 0 aromatic rings. The summed E-state index contributed by atoms with van der Waals surface area (Å²) in [5.41, 5.74) is 0. The minimum Gasteiger partial charge on any atom is -0.870 e. The van der Waals surface area contributed by atoms with Crippen molar-refractivity contribution in [2.75, 3.05) is 48.8 Å². The molecule has 3 heteroatoms. The Labute approximate surface area is 161 Å². The maximum atomic E-state index is 2.29. The number of nitrogens with zero attached hydrogens (tertiary/aromatic N) is 2. The van der Waals surface area contributed by atoms with Crippen LogP contribution in [-0.2, 0) is 0 Å². The zero-order valence-electron chi connectivity index (χ0n) is 18.9. The third-order valence-electron chi connectivity index (χ3n) is 4.18. The van der Waals surface area contributed by atoms with Gasteiger partial charge in [-0.05, 0) is 34.0 Å². The summed E-state index contributed by atoms with van der Waals surface area (Å²) in [6.07, 6.45) is 20.4. The molecule has 0 amide bonds. The maximum absolute atomic E-state index is 2.29. The summed E-state index contributed by atoms with van der Waals surface area (Å²) in [5, 5.41) is 0. The molecule has 0 saturated carbocycles. The largest absolute Gasteiger partial charge is 0.870 e. The van der Waals surface area contributed by atoms with Crippen LogP contribution in [0.1, 0.15) is 96.8 Å². The van der Waals surface area contributed by atoms with Crippen molar-refractivity contribution in [3.63, 3.8) is 0 Å². The molecule has 0 aromatic heterocycles. The van der Waals surface area contributed by atoms with Crippen molar-refractivity contribution >= 4 is 0 Å². The van der Waals surface area contributed by atoms with Gasteiger partial charge < -0.3 is 14.9 Å². The zero-order valence-corrected chi connectivity index (χ0v) is 18.9. The first-order valence-corrected chi connectivity index (χ1v) is 10.7. The summed E-state index contributed by atoms with van der Waals surface area (Å²) in [6, 6.07) is 0. The van der Waals surface area contributed by atoms with E-state index in [1.165, 1.54) is 96.4 Å². The van der Waals surface area contributed by atoms with E-state index in [4.69, 9.17) is 0 Å². The highest BCUT2D eigenvalue weighted by Crippen LogP contribution is 2.13. The number of rotatable bonds is 15. The van der Waals surface area contributed by atoms with E-state index < -0.39 is 0 Å². The van der Waals surface area contributed by atoms with E-state index in [1.807, 2.05) is 26.0 Å². The smallest absolute Gasteiger partial charge is 0.0780 e. The molecule has 0 aromatic carbocycles. The van der Waals surface area contributed by atoms with E-state index in [0.29, 0.717) is 0 Å². The van der Waals surface area contributed by atoms with Gasteiger partial charge in [0, 0.05) is 0 Å². The van der Waals surface area contributed by atoms with Gasteiger partial charge in [0.25, 0.3) is 0 Å². The first-order valence-electron chi connectivity index (χ1n) is 10.7. The van der Waals surface area contributed by atoms with Gasteiger partial charge in [0.15, 0.2) is 0 Å². The Kier molecular flexibility index (Phi) is 26.0. The Morgan fingerprint density at radius 2 is 0.760 bits per heavy atom. The molecule has 0 spiro atoms. The van der Waals surface area contributed by atoms with Crippen LogP contribution in [0.25, 0.3) is 0 Å². The van der Waals surface area contributed by atoms with Gasteiger partial charge in [-0.15, -0.1) is 0 Å². The fourth-order valence-corrected chi connectivity index (χ4v) is 2.78. The monoisotopic (exact) mass is 360 g/mol. The topological polar surface area (TPSA) is 33.2 Å². The third-order valence-corrected chi connectivity index (χ3v) is 4.18. The molecule has 0 saturated heterocycles. The quantitative estimate of drug-likeness (QED) is 0.258. The summed E-state index contributed by atoms with van der Waals surface area (Å²) in [4.78, 5) is 2.00. The molecule has 0 rings (SSSR count). The molecule has 0 aliphatic heterocycles. The summed E-state index contributed by atoms with van der Waals surface area (Å²) >= 11 is 0. The Balaban J connectivity index is -0.000000867. The number of hydrogen-bond donors (Lipinski definition) is 0. The van der Waals surface area contributed by atoms with Crippen LogP contribution >= 0.6 is 0 Å². The lowest BCUT2D eigenvalue weighted by Gasteiger charge is -2.23. The highest BCUT2D eigenvalue weighted by atomic mass is 16.0. The highest BCUT2D eigenvalue weighted by molar-refractivity contribution is 4.49. The molecule has 0 bridgehead atoms. The van der Waals surface area contributed by atoms with Gasteiger partial charge in [-0.2, -0.15) is 0 Å². The van der Waals surface area contributed by atoms with Gasteiger partial charge in [0.05, 0.1) is 27.7 Å². The van der Waals surface area contributed by atoms with Gasteiger partial charge >= 0.3 is 0 Å². The molecule has 156 valence electrons. The molecule has 0 aliphatic carbocycles. The van der Waals surface area contributed by atoms with Crippen molar-refractivity contribution in [2.45, 2.75) is 96.8 Å². The number of unbranched alkanes of at least 4 members (excludes halogenated alkanes) is 13. The summed E-state index contributed by atoms with van der Waals surface area (Å²) < 4.78 is 1.12. The predicted octanol–water partition coefficient (Wildman–Crippen LogP) is 6.17. The maximum Gasteiger partial charge on any atom is 0.0780 e. The highest BCUT2D eigenvalue weighted by Gasteiger charge is 2.04. The molecule has 0 atom stereocenters. The Morgan fingerprint density at radius 1 is 0.520 bits per heavy atom. The van der Waals surface area contributed by atoms with Crippen LogP contribution < -0.4 is 0 Å². The summed E-state index contributed by atoms with van der Waals surface area (Å²) in [5.74, 6) is 0. The van der Waals surface area contributed by atoms with E-state index in [9.17, 15) is 0 Å². The van der Waals surface area contributed by atoms with E-state index in [1.54, 1.807) is 0 Å². The third kappa shape index (κ3) is 40.1. The zero-order chi connectivity index (χ0) is 18.7. The first-order chi connectivity index (χ1) is 11.3. The lowest BCUT2D eigenvalue weighted by atomic mass is 10.0. The van der Waals surface area contributed by atoms with Crippen LogP contribution in [0.3, 0.4) is 0 Å². The van der Waals surface area contributed by atoms with Crippen molar-refractivity contribution in [1.82, 2.24) is 4.90 Å². The second kappa shape index (κ2) is 21.9. The number of hydrogen-bond acceptors (Lipinski definition) is 2. The fraction of sp³-hybridized carbons (Fsp3) is 1.00. The molecule has 3 nitrogen and oxygen atoms in total. The lowest BCUT2D eigenvalue weighted by Crippen LogP contribution is -2.35. The fourth-order valence-electron chi connectivity index (χ4n) is 2.78. The van der Waals surface area contributed by atoms with Crippen molar-refractivity contribution in [3.8, 4) is 0 Å². The Bertz CT molecular complexity index is 222. The second-order valence-corrected chi connectivity index (χ2v) is 8.95. The minimum atomic E-state index is 0. The van der Waals surface area contributed by atoms with Crippen molar-refractivity contribution in [1.29, 1.82) is 0 Å². The Morgan fingerprint density at radius 3 is 1.00 bits per heavy atom. The van der Waals surface area contributed by atoms with Crippen LogP contribution in [0.2, 0.25) is 0 Å². The van der Waals surface area contributed by atoms with Gasteiger partial charge in [-0.3, -0.25) is 0 Å². The van der Waals surface area contributed by atoms with Crippen molar-refractivity contribution < 1.29 is 9.96 Å². The van der Waals surface area contributed by atoms with E-state index in [-0.39, 0.29) is 5.48 Å². The lowest BCUT2D eigenvalue weighted by molar-refractivity contribution is -0.870. The number of quaternary nitrogens is 1. The van der Waals surface area contributed by atoms with Gasteiger partial charge in [-0.1, -0.05) is 84.0 Å². The Hall–Kier alpha value is -0.120. The predicted molar refractivity (Wildman–Crippen MR) is 115 cm³/mol. The van der Waals surface area contributed by atoms with Crippen molar-refractivity contribution in [3.05, 3.63) is 0 Å². The minimum absolute atomic E-state index is 0. The molecule has 1 N–H and O–H groups in total. The van der Waals surface area contributed by atoms with Crippen LogP contribution in [0.15, 0.2) is 0 Å². The molecular formula is C22H52N2O. The molecule has 0 fully saturated rings. The second-order valence-electron chi connectivity index (χ2n) is 8.95. The SMILES string of the molecule is CCCCCCCCCCCCCCCC[N+](C)(C)C.CN(C)C.[OH-]. The average molecular weight is 361 g/mol. The van der Waals surface area contributed by atoms with Crippen molar-refractivity contribution in [2.24, 2.45) is 0 Å². The molecule has 25 heavy (non-hydrogen) atoms. The van der Waals surface area contributed by atoms with E-state index in [0.717, 1.165) is 4.48 Å². The molecule has 0 aliphatic rings. The first kappa shape index (κ1) is 29.6. The summed E-state index contributed by atoms with van der Waals surface area (Å²) in [7, 11) is 12.9. The van der Waals surface area contributed by atoms with Gasteiger partial charge in [0.2, 0.25) is 0 Å². The summed E-state index contributed by atoms with van der Waals surface area (Å²) in [6.45, 7) is 3.63.